The molecule has 1 heterocycles. The average Bonchev–Trinajstić information content (AvgIpc) is 3.39. The Hall–Kier alpha value is -3.65. The molecule has 3 aromatic rings. The van der Waals surface area contributed by atoms with E-state index in [2.05, 4.69) is 5.32 Å². The van der Waals surface area contributed by atoms with E-state index in [9.17, 15) is 9.59 Å². The molecule has 1 aliphatic heterocycles. The molecule has 4 rings (SSSR count). The van der Waals surface area contributed by atoms with E-state index in [0.29, 0.717) is 42.5 Å². The number of methoxy groups -OCH3 is 1. The van der Waals surface area contributed by atoms with Crippen LogP contribution < -0.4 is 14.8 Å². The number of thioether (sulfide) groups is 1. The largest absolute Gasteiger partial charge is 0.493 e. The number of amides is 2. The van der Waals surface area contributed by atoms with Gasteiger partial charge in [-0.25, -0.2) is 9.59 Å². The average molecular weight is 493 g/mol. The first kappa shape index (κ1) is 24.5. The van der Waals surface area contributed by atoms with Crippen molar-refractivity contribution >= 4 is 29.4 Å². The SMILES string of the molecule is CCOC(=O)c1ccc(NC(=O)N2CCSC2c2ccc(OC)c(OCc3ccccc3)c2)cc1. The Morgan fingerprint density at radius 2 is 1.80 bits per heavy atom. The van der Waals surface area contributed by atoms with Crippen molar-refractivity contribution in [1.82, 2.24) is 4.90 Å². The molecule has 1 saturated heterocycles. The number of hydrogen-bond acceptors (Lipinski definition) is 6. The van der Waals surface area contributed by atoms with E-state index in [0.717, 1.165) is 16.9 Å². The first-order chi connectivity index (χ1) is 17.1. The second-order valence-electron chi connectivity index (χ2n) is 7.83. The molecule has 0 bridgehead atoms. The minimum absolute atomic E-state index is 0.154. The van der Waals surface area contributed by atoms with Crippen LogP contribution in [0.5, 0.6) is 11.5 Å². The van der Waals surface area contributed by atoms with E-state index in [1.807, 2.05) is 48.5 Å². The number of carbonyl (C=O) groups excluding carboxylic acids is 2. The summed E-state index contributed by atoms with van der Waals surface area (Å²) in [7, 11) is 1.61. The van der Waals surface area contributed by atoms with E-state index in [1.54, 1.807) is 55.0 Å². The molecule has 1 fully saturated rings. The van der Waals surface area contributed by atoms with Crippen LogP contribution in [0.3, 0.4) is 0 Å². The summed E-state index contributed by atoms with van der Waals surface area (Å²) in [6, 6.07) is 22.2. The van der Waals surface area contributed by atoms with Gasteiger partial charge >= 0.3 is 12.0 Å². The van der Waals surface area contributed by atoms with E-state index in [1.165, 1.54) is 0 Å². The number of ether oxygens (including phenoxy) is 3. The molecule has 8 heteroatoms. The Morgan fingerprint density at radius 1 is 1.03 bits per heavy atom. The van der Waals surface area contributed by atoms with Gasteiger partial charge in [0.25, 0.3) is 0 Å². The zero-order chi connectivity index (χ0) is 24.6. The summed E-state index contributed by atoms with van der Waals surface area (Å²) in [5, 5.41) is 2.78. The van der Waals surface area contributed by atoms with Gasteiger partial charge in [0.05, 0.1) is 19.3 Å². The Morgan fingerprint density at radius 3 is 2.51 bits per heavy atom. The van der Waals surface area contributed by atoms with Crippen LogP contribution in [0.15, 0.2) is 72.8 Å². The molecule has 1 unspecified atom stereocenters. The van der Waals surface area contributed by atoms with Crippen LogP contribution in [-0.2, 0) is 11.3 Å². The van der Waals surface area contributed by atoms with Crippen molar-refractivity contribution in [2.45, 2.75) is 18.9 Å². The van der Waals surface area contributed by atoms with Crippen molar-refractivity contribution in [1.29, 1.82) is 0 Å². The third kappa shape index (κ3) is 6.08. The first-order valence-corrected chi connectivity index (χ1v) is 12.4. The van der Waals surface area contributed by atoms with Crippen LogP contribution in [0, 0.1) is 0 Å². The number of benzene rings is 3. The van der Waals surface area contributed by atoms with Crippen molar-refractivity contribution < 1.29 is 23.8 Å². The molecule has 0 radical (unpaired) electrons. The van der Waals surface area contributed by atoms with E-state index in [4.69, 9.17) is 14.2 Å². The maximum absolute atomic E-state index is 13.1. The number of nitrogens with zero attached hydrogens (tertiary/aromatic N) is 1. The monoisotopic (exact) mass is 492 g/mol. The zero-order valence-electron chi connectivity index (χ0n) is 19.7. The highest BCUT2D eigenvalue weighted by atomic mass is 32.2. The van der Waals surface area contributed by atoms with Crippen LogP contribution in [0.25, 0.3) is 0 Å². The van der Waals surface area contributed by atoms with E-state index < -0.39 is 0 Å². The Kier molecular flexibility index (Phi) is 8.15. The summed E-state index contributed by atoms with van der Waals surface area (Å²) in [5.41, 5.74) is 3.08. The fourth-order valence-electron chi connectivity index (χ4n) is 3.75. The number of anilines is 1. The predicted molar refractivity (Wildman–Crippen MR) is 137 cm³/mol. The smallest absolute Gasteiger partial charge is 0.338 e. The minimum atomic E-state index is -0.383. The highest BCUT2D eigenvalue weighted by Crippen LogP contribution is 2.41. The number of carbonyl (C=O) groups is 2. The normalized spacial score (nSPS) is 14.9. The van der Waals surface area contributed by atoms with Crippen LogP contribution in [-0.4, -0.2) is 42.9 Å². The van der Waals surface area contributed by atoms with Gasteiger partial charge in [0.1, 0.15) is 12.0 Å². The third-order valence-corrected chi connectivity index (χ3v) is 6.77. The molecule has 0 aliphatic carbocycles. The fraction of sp³-hybridized carbons (Fsp3) is 0.259. The topological polar surface area (TPSA) is 77.1 Å². The Bertz CT molecular complexity index is 1150. The van der Waals surface area contributed by atoms with Crippen LogP contribution in [0.4, 0.5) is 10.5 Å². The Labute approximate surface area is 209 Å². The number of rotatable bonds is 8. The van der Waals surface area contributed by atoms with Gasteiger partial charge in [-0.3, -0.25) is 0 Å². The molecule has 7 nitrogen and oxygen atoms in total. The van der Waals surface area contributed by atoms with Gasteiger partial charge < -0.3 is 24.4 Å². The van der Waals surface area contributed by atoms with Crippen LogP contribution in [0.1, 0.15) is 33.8 Å². The maximum Gasteiger partial charge on any atom is 0.338 e. The quantitative estimate of drug-likeness (QED) is 0.405. The molecule has 1 atom stereocenters. The summed E-state index contributed by atoms with van der Waals surface area (Å²) < 4.78 is 16.6. The molecular formula is C27H28N2O5S. The van der Waals surface area contributed by atoms with Gasteiger partial charge in [0.2, 0.25) is 0 Å². The van der Waals surface area contributed by atoms with Crippen molar-refractivity contribution in [3.63, 3.8) is 0 Å². The molecule has 1 aliphatic rings. The molecular weight excluding hydrogens is 464 g/mol. The fourth-order valence-corrected chi connectivity index (χ4v) is 4.99. The lowest BCUT2D eigenvalue weighted by atomic mass is 10.1. The van der Waals surface area contributed by atoms with Crippen LogP contribution in [0.2, 0.25) is 0 Å². The second-order valence-corrected chi connectivity index (χ2v) is 9.02. The summed E-state index contributed by atoms with van der Waals surface area (Å²) in [6.07, 6.45) is 0. The molecule has 3 aromatic carbocycles. The number of esters is 1. The van der Waals surface area contributed by atoms with Crippen LogP contribution >= 0.6 is 11.8 Å². The first-order valence-electron chi connectivity index (χ1n) is 11.4. The standard InChI is InChI=1S/C27H28N2O5S/c1-3-33-26(30)20-9-12-22(13-10-20)28-27(31)29-15-16-35-25(29)21-11-14-23(32-2)24(17-21)34-18-19-7-5-4-6-8-19/h4-14,17,25H,3,15-16,18H2,1-2H3,(H,28,31). The number of nitrogens with one attached hydrogen (secondary N) is 1. The molecule has 0 spiro atoms. The van der Waals surface area contributed by atoms with Gasteiger partial charge in [-0.2, -0.15) is 0 Å². The van der Waals surface area contributed by atoms with Crippen molar-refractivity contribution in [3.05, 3.63) is 89.5 Å². The van der Waals surface area contributed by atoms with Gasteiger partial charge in [0, 0.05) is 18.0 Å². The summed E-state index contributed by atoms with van der Waals surface area (Å²) in [4.78, 5) is 26.7. The van der Waals surface area contributed by atoms with Crippen molar-refractivity contribution in [2.24, 2.45) is 0 Å². The Balaban J connectivity index is 1.45. The van der Waals surface area contributed by atoms with Gasteiger partial charge in [-0.05, 0) is 54.4 Å². The lowest BCUT2D eigenvalue weighted by molar-refractivity contribution is 0.0526. The van der Waals surface area contributed by atoms with Gasteiger partial charge in [-0.1, -0.05) is 36.4 Å². The number of urea groups is 1. The van der Waals surface area contributed by atoms with Crippen molar-refractivity contribution in [3.8, 4) is 11.5 Å². The molecule has 182 valence electrons. The molecule has 0 aromatic heterocycles. The van der Waals surface area contributed by atoms with E-state index >= 15 is 0 Å². The molecule has 0 saturated carbocycles. The van der Waals surface area contributed by atoms with Crippen molar-refractivity contribution in [2.75, 3.05) is 31.3 Å². The lowest BCUT2D eigenvalue weighted by Crippen LogP contribution is -2.34. The predicted octanol–water partition coefficient (Wildman–Crippen LogP) is 5.73. The second kappa shape index (κ2) is 11.7. The highest BCUT2D eigenvalue weighted by molar-refractivity contribution is 7.99. The lowest BCUT2D eigenvalue weighted by Gasteiger charge is -2.25. The minimum Gasteiger partial charge on any atom is -0.493 e. The summed E-state index contributed by atoms with van der Waals surface area (Å²) in [6.45, 7) is 3.12. The zero-order valence-corrected chi connectivity index (χ0v) is 20.5. The van der Waals surface area contributed by atoms with Gasteiger partial charge in [0.15, 0.2) is 11.5 Å². The summed E-state index contributed by atoms with van der Waals surface area (Å²) >= 11 is 1.70. The molecule has 35 heavy (non-hydrogen) atoms. The molecule has 2 amide bonds. The highest BCUT2D eigenvalue weighted by Gasteiger charge is 2.31. The third-order valence-electron chi connectivity index (χ3n) is 5.51. The van der Waals surface area contributed by atoms with E-state index in [-0.39, 0.29) is 17.4 Å². The maximum atomic E-state index is 13.1. The molecule has 1 N–H and O–H groups in total. The van der Waals surface area contributed by atoms with Gasteiger partial charge in [-0.15, -0.1) is 11.8 Å². The number of hydrogen-bond donors (Lipinski definition) is 1. The summed E-state index contributed by atoms with van der Waals surface area (Å²) in [5.74, 6) is 1.72.